The van der Waals surface area contributed by atoms with Crippen molar-refractivity contribution in [1.82, 2.24) is 0 Å². The molecule has 0 aromatic carbocycles. The van der Waals surface area contributed by atoms with Crippen LogP contribution in [0.3, 0.4) is 0 Å². The zero-order valence-corrected chi connectivity index (χ0v) is 13.3. The van der Waals surface area contributed by atoms with Gasteiger partial charge in [-0.1, -0.05) is 20.3 Å². The molecular weight excluding hydrogens is 260 g/mol. The van der Waals surface area contributed by atoms with Crippen LogP contribution in [0.25, 0.3) is 0 Å². The zero-order chi connectivity index (χ0) is 15.8. The molecule has 118 valence electrons. The van der Waals surface area contributed by atoms with Crippen molar-refractivity contribution in [2.75, 3.05) is 13.2 Å². The van der Waals surface area contributed by atoms with E-state index < -0.39 is 29.4 Å². The third kappa shape index (κ3) is 8.15. The molecule has 5 nitrogen and oxygen atoms in total. The van der Waals surface area contributed by atoms with Crippen molar-refractivity contribution in [3.63, 3.8) is 0 Å². The summed E-state index contributed by atoms with van der Waals surface area (Å²) >= 11 is 0. The Morgan fingerprint density at radius 1 is 1.20 bits per heavy atom. The Morgan fingerprint density at radius 2 is 1.80 bits per heavy atom. The summed E-state index contributed by atoms with van der Waals surface area (Å²) < 4.78 is 10.6. The molecule has 0 spiro atoms. The fourth-order valence-electron chi connectivity index (χ4n) is 1.71. The summed E-state index contributed by atoms with van der Waals surface area (Å²) in [4.78, 5) is 23.2. The number of carbonyl (C=O) groups is 2. The van der Waals surface area contributed by atoms with Crippen LogP contribution in [0.4, 0.5) is 0 Å². The molecule has 0 aromatic rings. The van der Waals surface area contributed by atoms with Crippen molar-refractivity contribution in [3.8, 4) is 0 Å². The second-order valence-corrected chi connectivity index (χ2v) is 6.02. The lowest BCUT2D eigenvalue weighted by molar-refractivity contribution is -0.166. The topological polar surface area (TPSA) is 72.8 Å². The van der Waals surface area contributed by atoms with Gasteiger partial charge in [0.25, 0.3) is 0 Å². The van der Waals surface area contributed by atoms with E-state index in [1.165, 1.54) is 0 Å². The maximum Gasteiger partial charge on any atom is 0.310 e. The first-order valence-corrected chi connectivity index (χ1v) is 7.22. The fourth-order valence-corrected chi connectivity index (χ4v) is 1.71. The van der Waals surface area contributed by atoms with Crippen LogP contribution in [0.1, 0.15) is 53.9 Å². The Hall–Kier alpha value is -1.10. The molecule has 2 atom stereocenters. The second-order valence-electron chi connectivity index (χ2n) is 6.02. The number of unbranched alkanes of at least 4 members (excludes halogenated alkanes) is 1. The molecule has 1 N–H and O–H groups in total. The Kier molecular flexibility index (Phi) is 8.46. The summed E-state index contributed by atoms with van der Waals surface area (Å²) in [5.41, 5.74) is -0.605. The van der Waals surface area contributed by atoms with Crippen molar-refractivity contribution in [2.45, 2.75) is 59.5 Å². The van der Waals surface area contributed by atoms with E-state index in [0.717, 1.165) is 12.8 Å². The molecule has 5 heteroatoms. The van der Waals surface area contributed by atoms with Crippen LogP contribution >= 0.6 is 0 Å². The van der Waals surface area contributed by atoms with Gasteiger partial charge in [0.15, 0.2) is 0 Å². The molecule has 1 unspecified atom stereocenters. The van der Waals surface area contributed by atoms with E-state index in [1.54, 1.807) is 27.7 Å². The molecule has 0 aliphatic carbocycles. The van der Waals surface area contributed by atoms with Crippen molar-refractivity contribution >= 4 is 11.9 Å². The molecule has 0 amide bonds. The van der Waals surface area contributed by atoms with Gasteiger partial charge in [0.2, 0.25) is 0 Å². The Morgan fingerprint density at radius 3 is 2.25 bits per heavy atom. The van der Waals surface area contributed by atoms with E-state index in [1.807, 2.05) is 0 Å². The number of ether oxygens (including phenoxy) is 2. The SMILES string of the molecule is CCCCOCC[C@H](C(=O)O)C(C)C(=O)OC(C)(C)C. The van der Waals surface area contributed by atoms with Crippen molar-refractivity contribution < 1.29 is 24.2 Å². The van der Waals surface area contributed by atoms with E-state index in [0.29, 0.717) is 19.6 Å². The van der Waals surface area contributed by atoms with Crippen LogP contribution < -0.4 is 0 Å². The largest absolute Gasteiger partial charge is 0.481 e. The molecule has 0 radical (unpaired) electrons. The lowest BCUT2D eigenvalue weighted by atomic mass is 9.91. The minimum absolute atomic E-state index is 0.319. The number of aliphatic carboxylic acids is 1. The van der Waals surface area contributed by atoms with Crippen molar-refractivity contribution in [1.29, 1.82) is 0 Å². The van der Waals surface area contributed by atoms with Crippen LogP contribution in [0.2, 0.25) is 0 Å². The van der Waals surface area contributed by atoms with Crippen LogP contribution in [0, 0.1) is 11.8 Å². The Bertz CT molecular complexity index is 306. The molecule has 20 heavy (non-hydrogen) atoms. The molecule has 0 aromatic heterocycles. The van der Waals surface area contributed by atoms with E-state index >= 15 is 0 Å². The number of carbonyl (C=O) groups excluding carboxylic acids is 1. The van der Waals surface area contributed by atoms with Crippen LogP contribution in [0.5, 0.6) is 0 Å². The normalized spacial score (nSPS) is 14.7. The van der Waals surface area contributed by atoms with Gasteiger partial charge in [-0.3, -0.25) is 9.59 Å². The molecular formula is C15H28O5. The highest BCUT2D eigenvalue weighted by Gasteiger charge is 2.32. The maximum atomic E-state index is 11.9. The lowest BCUT2D eigenvalue weighted by Crippen LogP contribution is -2.34. The van der Waals surface area contributed by atoms with Crippen LogP contribution in [0.15, 0.2) is 0 Å². The van der Waals surface area contributed by atoms with Gasteiger partial charge in [-0.15, -0.1) is 0 Å². The van der Waals surface area contributed by atoms with E-state index in [-0.39, 0.29) is 0 Å². The number of hydrogen-bond donors (Lipinski definition) is 1. The predicted molar refractivity (Wildman–Crippen MR) is 76.5 cm³/mol. The highest BCUT2D eigenvalue weighted by atomic mass is 16.6. The molecule has 0 aliphatic rings. The van der Waals surface area contributed by atoms with E-state index in [9.17, 15) is 14.7 Å². The first-order chi connectivity index (χ1) is 9.19. The van der Waals surface area contributed by atoms with Crippen LogP contribution in [-0.2, 0) is 19.1 Å². The standard InChI is InChI=1S/C15H28O5/c1-6-7-9-19-10-8-12(13(16)17)11(2)14(18)20-15(3,4)5/h11-12H,6-10H2,1-5H3,(H,16,17)/t11?,12-/m0/s1. The maximum absolute atomic E-state index is 11.9. The highest BCUT2D eigenvalue weighted by molar-refractivity contribution is 5.81. The number of esters is 1. The molecule has 0 aliphatic heterocycles. The molecule has 0 saturated carbocycles. The average molecular weight is 288 g/mol. The number of carboxylic acids is 1. The summed E-state index contributed by atoms with van der Waals surface area (Å²) in [5.74, 6) is -2.91. The van der Waals surface area contributed by atoms with Gasteiger partial charge < -0.3 is 14.6 Å². The van der Waals surface area contributed by atoms with Gasteiger partial charge in [-0.2, -0.15) is 0 Å². The average Bonchev–Trinajstić information content (AvgIpc) is 2.30. The van der Waals surface area contributed by atoms with Crippen molar-refractivity contribution in [2.24, 2.45) is 11.8 Å². The minimum Gasteiger partial charge on any atom is -0.481 e. The Balaban J connectivity index is 4.36. The van der Waals surface area contributed by atoms with Gasteiger partial charge in [-0.25, -0.2) is 0 Å². The third-order valence-corrected chi connectivity index (χ3v) is 2.91. The monoisotopic (exact) mass is 288 g/mol. The first kappa shape index (κ1) is 18.9. The summed E-state index contributed by atoms with van der Waals surface area (Å²) in [6, 6.07) is 0. The smallest absolute Gasteiger partial charge is 0.310 e. The number of hydrogen-bond acceptors (Lipinski definition) is 4. The first-order valence-electron chi connectivity index (χ1n) is 7.22. The zero-order valence-electron chi connectivity index (χ0n) is 13.3. The molecule has 0 bridgehead atoms. The van der Waals surface area contributed by atoms with Crippen molar-refractivity contribution in [3.05, 3.63) is 0 Å². The third-order valence-electron chi connectivity index (χ3n) is 2.91. The molecule has 0 heterocycles. The minimum atomic E-state index is -0.984. The summed E-state index contributed by atoms with van der Waals surface area (Å²) in [5, 5.41) is 9.23. The number of rotatable bonds is 9. The summed E-state index contributed by atoms with van der Waals surface area (Å²) in [6.45, 7) is 9.93. The lowest BCUT2D eigenvalue weighted by Gasteiger charge is -2.25. The second kappa shape index (κ2) is 8.95. The van der Waals surface area contributed by atoms with Crippen LogP contribution in [-0.4, -0.2) is 35.9 Å². The predicted octanol–water partition coefficient (Wildman–Crippen LogP) is 2.87. The summed E-state index contributed by atoms with van der Waals surface area (Å²) in [6.07, 6.45) is 2.31. The van der Waals surface area contributed by atoms with E-state index in [4.69, 9.17) is 9.47 Å². The van der Waals surface area contributed by atoms with Gasteiger partial charge in [-0.05, 0) is 33.6 Å². The van der Waals surface area contributed by atoms with Gasteiger partial charge in [0.05, 0.1) is 11.8 Å². The fraction of sp³-hybridized carbons (Fsp3) is 0.867. The molecule has 0 rings (SSSR count). The Labute approximate surface area is 121 Å². The summed E-state index contributed by atoms with van der Waals surface area (Å²) in [7, 11) is 0. The molecule has 0 fully saturated rings. The van der Waals surface area contributed by atoms with Gasteiger partial charge in [0.1, 0.15) is 5.60 Å². The van der Waals surface area contributed by atoms with Gasteiger partial charge >= 0.3 is 11.9 Å². The van der Waals surface area contributed by atoms with Gasteiger partial charge in [0, 0.05) is 13.2 Å². The highest BCUT2D eigenvalue weighted by Crippen LogP contribution is 2.21. The molecule has 0 saturated heterocycles. The number of carboxylic acid groups (broad SMARTS) is 1. The van der Waals surface area contributed by atoms with E-state index in [2.05, 4.69) is 6.92 Å². The quantitative estimate of drug-likeness (QED) is 0.521.